The fraction of sp³-hybridized carbons (Fsp3) is 0.818. The molecule has 0 radical (unpaired) electrons. The molecule has 0 saturated heterocycles. The Balaban J connectivity index is 4.85. The quantitative estimate of drug-likeness (QED) is 0.657. The molecule has 0 N–H and O–H groups in total. The highest BCUT2D eigenvalue weighted by Crippen LogP contribution is 2.24. The number of rotatable bonds is 7. The van der Waals surface area contributed by atoms with Crippen molar-refractivity contribution >= 4 is 33.8 Å². The van der Waals surface area contributed by atoms with Gasteiger partial charge in [0.05, 0.1) is 0 Å². The van der Waals surface area contributed by atoms with Crippen LogP contribution >= 0.6 is 0 Å². The first-order valence-electron chi connectivity index (χ1n) is 6.42. The molecule has 0 aromatic carbocycles. The molecule has 1 atom stereocenters. The van der Waals surface area contributed by atoms with E-state index in [9.17, 15) is 0 Å². The van der Waals surface area contributed by atoms with Gasteiger partial charge in [-0.2, -0.15) is 0 Å². The summed E-state index contributed by atoms with van der Waals surface area (Å²) in [5.74, 6) is 0. The van der Waals surface area contributed by atoms with Crippen molar-refractivity contribution in [1.82, 2.24) is 0 Å². The van der Waals surface area contributed by atoms with Crippen LogP contribution in [0, 0.1) is 0 Å². The van der Waals surface area contributed by atoms with Gasteiger partial charge in [0.1, 0.15) is 0 Å². The van der Waals surface area contributed by atoms with Gasteiger partial charge in [0.15, 0.2) is 16.6 Å². The highest BCUT2D eigenvalue weighted by atomic mass is 28.5. The Bertz CT molecular complexity index is 294. The van der Waals surface area contributed by atoms with Gasteiger partial charge in [-0.3, -0.25) is 0 Å². The molecular weight excluding hydrogens is 292 g/mol. The summed E-state index contributed by atoms with van der Waals surface area (Å²) in [4.78, 5) is 0. The zero-order valence-electron chi connectivity index (χ0n) is 13.5. The SMILES string of the molecule is C=C[Si](C)(O[Si](C)(C)C)O[Si](C)(C)O[Si](C)(C)C. The van der Waals surface area contributed by atoms with Gasteiger partial charge in [-0.25, -0.2) is 0 Å². The van der Waals surface area contributed by atoms with E-state index in [1.54, 1.807) is 0 Å². The molecule has 0 aromatic heterocycles. The summed E-state index contributed by atoms with van der Waals surface area (Å²) in [5, 5.41) is 0. The van der Waals surface area contributed by atoms with Gasteiger partial charge in [0.25, 0.3) is 0 Å². The van der Waals surface area contributed by atoms with Crippen LogP contribution in [0.15, 0.2) is 12.3 Å². The normalized spacial score (nSPS) is 17.4. The van der Waals surface area contributed by atoms with Gasteiger partial charge in [-0.05, 0) is 58.9 Å². The van der Waals surface area contributed by atoms with E-state index in [-0.39, 0.29) is 0 Å². The monoisotopic (exact) mass is 322 g/mol. The Morgan fingerprint density at radius 2 is 1.06 bits per heavy atom. The Hall–Kier alpha value is 0.488. The smallest absolute Gasteiger partial charge is 0.342 e. The molecule has 1 unspecified atom stereocenters. The molecule has 0 aliphatic rings. The maximum Gasteiger partial charge on any atom is 0.342 e. The Labute approximate surface area is 117 Å². The Kier molecular flexibility index (Phi) is 6.02. The van der Waals surface area contributed by atoms with E-state index in [2.05, 4.69) is 65.5 Å². The van der Waals surface area contributed by atoms with Crippen molar-refractivity contribution in [3.8, 4) is 0 Å². The topological polar surface area (TPSA) is 27.7 Å². The summed E-state index contributed by atoms with van der Waals surface area (Å²) >= 11 is 0. The molecule has 0 aliphatic carbocycles. The molecule has 0 bridgehead atoms. The molecule has 0 saturated carbocycles. The van der Waals surface area contributed by atoms with Crippen molar-refractivity contribution in [2.45, 2.75) is 58.9 Å². The number of hydrogen-bond acceptors (Lipinski definition) is 3. The van der Waals surface area contributed by atoms with Gasteiger partial charge in [0.2, 0.25) is 0 Å². The Morgan fingerprint density at radius 1 is 0.667 bits per heavy atom. The fourth-order valence-electron chi connectivity index (χ4n) is 1.96. The second-order valence-corrected chi connectivity index (χ2v) is 23.3. The van der Waals surface area contributed by atoms with Crippen LogP contribution in [0.3, 0.4) is 0 Å². The van der Waals surface area contributed by atoms with E-state index in [0.717, 1.165) is 0 Å². The molecule has 0 spiro atoms. The lowest BCUT2D eigenvalue weighted by Crippen LogP contribution is -2.56. The largest absolute Gasteiger partial charge is 0.437 e. The summed E-state index contributed by atoms with van der Waals surface area (Å²) < 4.78 is 18.8. The molecule has 108 valence electrons. The molecular formula is C11H30O3Si4. The van der Waals surface area contributed by atoms with Crippen LogP contribution in [0.25, 0.3) is 0 Å². The first kappa shape index (κ1) is 18.5. The van der Waals surface area contributed by atoms with Gasteiger partial charge in [-0.1, -0.05) is 5.70 Å². The lowest BCUT2D eigenvalue weighted by atomic mass is 11.3. The van der Waals surface area contributed by atoms with Crippen molar-refractivity contribution < 1.29 is 12.3 Å². The third-order valence-electron chi connectivity index (χ3n) is 1.88. The molecule has 3 nitrogen and oxygen atoms in total. The van der Waals surface area contributed by atoms with Crippen LogP contribution < -0.4 is 0 Å². The van der Waals surface area contributed by atoms with Gasteiger partial charge in [0, 0.05) is 0 Å². The van der Waals surface area contributed by atoms with Crippen molar-refractivity contribution in [3.63, 3.8) is 0 Å². The average molecular weight is 323 g/mol. The van der Waals surface area contributed by atoms with Crippen molar-refractivity contribution in [1.29, 1.82) is 0 Å². The average Bonchev–Trinajstić information content (AvgIpc) is 1.93. The second kappa shape index (κ2) is 5.86. The highest BCUT2D eigenvalue weighted by Gasteiger charge is 2.42. The molecule has 0 fully saturated rings. The molecule has 0 amide bonds. The van der Waals surface area contributed by atoms with Crippen LogP contribution in [0.4, 0.5) is 0 Å². The lowest BCUT2D eigenvalue weighted by Gasteiger charge is -2.39. The Morgan fingerprint density at radius 3 is 1.33 bits per heavy atom. The number of hydrogen-bond donors (Lipinski definition) is 0. The van der Waals surface area contributed by atoms with Gasteiger partial charge in [-0.15, -0.1) is 6.58 Å². The van der Waals surface area contributed by atoms with E-state index in [1.807, 2.05) is 5.70 Å². The summed E-state index contributed by atoms with van der Waals surface area (Å²) in [6.07, 6.45) is 0. The van der Waals surface area contributed by atoms with Crippen LogP contribution in [0.2, 0.25) is 58.9 Å². The summed E-state index contributed by atoms with van der Waals surface area (Å²) in [6, 6.07) is 0. The highest BCUT2D eigenvalue weighted by molar-refractivity contribution is 6.91. The van der Waals surface area contributed by atoms with E-state index in [0.29, 0.717) is 0 Å². The minimum Gasteiger partial charge on any atom is -0.437 e. The fourth-order valence-corrected chi connectivity index (χ4v) is 18.4. The van der Waals surface area contributed by atoms with E-state index >= 15 is 0 Å². The van der Waals surface area contributed by atoms with E-state index in [4.69, 9.17) is 12.3 Å². The maximum atomic E-state index is 6.31. The van der Waals surface area contributed by atoms with E-state index in [1.165, 1.54) is 0 Å². The van der Waals surface area contributed by atoms with E-state index < -0.39 is 33.8 Å². The van der Waals surface area contributed by atoms with Crippen LogP contribution in [0.1, 0.15) is 0 Å². The van der Waals surface area contributed by atoms with Crippen LogP contribution in [0.5, 0.6) is 0 Å². The summed E-state index contributed by atoms with van der Waals surface area (Å²) in [5.41, 5.74) is 1.88. The first-order chi connectivity index (χ1) is 7.68. The lowest BCUT2D eigenvalue weighted by molar-refractivity contribution is 0.336. The predicted octanol–water partition coefficient (Wildman–Crippen LogP) is 4.21. The minimum absolute atomic E-state index is 1.58. The standard InChI is InChI=1S/C11H30O3Si4/c1-11-18(10,13-16(5,6)7)14-17(8,9)12-15(2,3)4/h11H,1H2,2-10H3. The minimum atomic E-state index is -2.31. The summed E-state index contributed by atoms with van der Waals surface area (Å²) in [7, 11) is -7.67. The van der Waals surface area contributed by atoms with Crippen LogP contribution in [-0.2, 0) is 12.3 Å². The van der Waals surface area contributed by atoms with Crippen LogP contribution in [-0.4, -0.2) is 33.8 Å². The van der Waals surface area contributed by atoms with Gasteiger partial charge >= 0.3 is 17.1 Å². The predicted molar refractivity (Wildman–Crippen MR) is 89.2 cm³/mol. The maximum absolute atomic E-state index is 6.31. The molecule has 0 rings (SSSR count). The third-order valence-corrected chi connectivity index (χ3v) is 14.7. The molecule has 18 heavy (non-hydrogen) atoms. The van der Waals surface area contributed by atoms with Crippen molar-refractivity contribution in [2.24, 2.45) is 0 Å². The summed E-state index contributed by atoms with van der Waals surface area (Å²) in [6.45, 7) is 23.3. The molecule has 7 heteroatoms. The third kappa shape index (κ3) is 8.57. The molecule has 0 heterocycles. The van der Waals surface area contributed by atoms with Crippen molar-refractivity contribution in [3.05, 3.63) is 12.3 Å². The second-order valence-electron chi connectivity index (χ2n) is 7.15. The van der Waals surface area contributed by atoms with Gasteiger partial charge < -0.3 is 12.3 Å². The molecule has 0 aromatic rings. The zero-order valence-corrected chi connectivity index (χ0v) is 17.5. The zero-order chi connectivity index (χ0) is 14.8. The van der Waals surface area contributed by atoms with Crippen molar-refractivity contribution in [2.75, 3.05) is 0 Å². The first-order valence-corrected chi connectivity index (χ1v) is 18.4. The molecule has 0 aliphatic heterocycles.